The summed E-state index contributed by atoms with van der Waals surface area (Å²) in [6.45, 7) is 2.45. The number of carbonyl (C=O) groups is 1. The normalized spacial score (nSPS) is 19.3. The molecule has 7 nitrogen and oxygen atoms in total. The van der Waals surface area contributed by atoms with Gasteiger partial charge in [0.25, 0.3) is 5.91 Å². The molecule has 1 aromatic heterocycles. The molecule has 2 fully saturated rings. The number of aromatic nitrogens is 1. The minimum absolute atomic E-state index is 0.0840. The van der Waals surface area contributed by atoms with Crippen molar-refractivity contribution >= 4 is 28.2 Å². The van der Waals surface area contributed by atoms with E-state index in [1.165, 1.54) is 39.1 Å². The fraction of sp³-hybridized carbons (Fsp3) is 0.433. The molecule has 1 saturated heterocycles. The number of amides is 1. The van der Waals surface area contributed by atoms with Crippen molar-refractivity contribution in [3.63, 3.8) is 0 Å². The maximum atomic E-state index is 14.8. The zero-order valence-electron chi connectivity index (χ0n) is 22.6. The first-order valence-electron chi connectivity index (χ1n) is 13.4. The number of fused-ring (bicyclic) bond motifs is 1. The number of halogens is 2. The van der Waals surface area contributed by atoms with Crippen LogP contribution in [-0.4, -0.2) is 68.4 Å². The highest BCUT2D eigenvalue weighted by Gasteiger charge is 2.28. The molecule has 2 aliphatic rings. The van der Waals surface area contributed by atoms with Crippen LogP contribution in [0.5, 0.6) is 5.75 Å². The molecule has 1 saturated carbocycles. The predicted molar refractivity (Wildman–Crippen MR) is 151 cm³/mol. The molecular formula is C30H35F2N5O2. The fourth-order valence-corrected chi connectivity index (χ4v) is 5.13. The predicted octanol–water partition coefficient (Wildman–Crippen LogP) is 4.48. The average molecular weight is 536 g/mol. The summed E-state index contributed by atoms with van der Waals surface area (Å²) in [6, 6.07) is 10.6. The van der Waals surface area contributed by atoms with E-state index < -0.39 is 17.9 Å². The monoisotopic (exact) mass is 535 g/mol. The summed E-state index contributed by atoms with van der Waals surface area (Å²) >= 11 is 0. The topological polar surface area (TPSA) is 70.6 Å². The summed E-state index contributed by atoms with van der Waals surface area (Å²) in [7, 11) is 4.87. The lowest BCUT2D eigenvalue weighted by molar-refractivity contribution is 0.0958. The Morgan fingerprint density at radius 1 is 1.18 bits per heavy atom. The molecular weight excluding hydrogens is 500 g/mol. The largest absolute Gasteiger partial charge is 0.495 e. The van der Waals surface area contributed by atoms with Crippen LogP contribution in [0.15, 0.2) is 36.4 Å². The molecule has 2 heterocycles. The van der Waals surface area contributed by atoms with Gasteiger partial charge in [0.1, 0.15) is 17.7 Å². The van der Waals surface area contributed by atoms with E-state index >= 15 is 0 Å². The highest BCUT2D eigenvalue weighted by atomic mass is 19.1. The Kier molecular flexibility index (Phi) is 7.94. The van der Waals surface area contributed by atoms with Crippen LogP contribution in [0.3, 0.4) is 0 Å². The van der Waals surface area contributed by atoms with Crippen LogP contribution in [-0.2, 0) is 6.54 Å². The zero-order valence-corrected chi connectivity index (χ0v) is 22.6. The molecule has 0 spiro atoms. The molecule has 2 atom stereocenters. The molecule has 1 amide bonds. The van der Waals surface area contributed by atoms with Crippen LogP contribution < -0.4 is 20.7 Å². The van der Waals surface area contributed by atoms with Crippen molar-refractivity contribution in [3.8, 4) is 17.6 Å². The maximum absolute atomic E-state index is 14.8. The molecule has 0 radical (unpaired) electrons. The van der Waals surface area contributed by atoms with Crippen LogP contribution in [0.2, 0.25) is 0 Å². The van der Waals surface area contributed by atoms with E-state index in [0.717, 1.165) is 41.8 Å². The van der Waals surface area contributed by atoms with Crippen molar-refractivity contribution in [2.24, 2.45) is 5.92 Å². The van der Waals surface area contributed by atoms with Gasteiger partial charge in [-0.25, -0.2) is 8.78 Å². The van der Waals surface area contributed by atoms with Gasteiger partial charge in [-0.15, -0.1) is 0 Å². The van der Waals surface area contributed by atoms with Crippen LogP contribution in [0.1, 0.15) is 35.3 Å². The lowest BCUT2D eigenvalue weighted by Gasteiger charge is -2.33. The first kappa shape index (κ1) is 26.8. The number of alkyl halides is 1. The highest BCUT2D eigenvalue weighted by molar-refractivity contribution is 5.95. The van der Waals surface area contributed by atoms with Crippen molar-refractivity contribution in [2.45, 2.75) is 38.0 Å². The third-order valence-corrected chi connectivity index (χ3v) is 7.51. The molecule has 2 aromatic carbocycles. The van der Waals surface area contributed by atoms with Crippen molar-refractivity contribution < 1.29 is 18.3 Å². The molecule has 1 aliphatic carbocycles. The van der Waals surface area contributed by atoms with E-state index in [-0.39, 0.29) is 18.2 Å². The average Bonchev–Trinajstić information content (AvgIpc) is 3.68. The zero-order chi connectivity index (χ0) is 27.5. The first-order chi connectivity index (χ1) is 18.9. The summed E-state index contributed by atoms with van der Waals surface area (Å²) in [5.74, 6) is 6.27. The summed E-state index contributed by atoms with van der Waals surface area (Å²) in [5, 5.41) is 10.0. The Bertz CT molecular complexity index is 1420. The Hall–Kier alpha value is -3.77. The van der Waals surface area contributed by atoms with Gasteiger partial charge in [-0.05, 0) is 62.4 Å². The number of carbonyl (C=O) groups excluding carboxylic acids is 1. The Morgan fingerprint density at radius 3 is 2.72 bits per heavy atom. The van der Waals surface area contributed by atoms with Gasteiger partial charge in [-0.2, -0.15) is 0 Å². The number of hydrogen-bond donors (Lipinski definition) is 3. The molecule has 5 rings (SSSR count). The lowest BCUT2D eigenvalue weighted by Crippen LogP contribution is -2.46. The second kappa shape index (κ2) is 11.5. The van der Waals surface area contributed by atoms with Crippen molar-refractivity contribution in [3.05, 3.63) is 53.5 Å². The van der Waals surface area contributed by atoms with Crippen molar-refractivity contribution in [1.82, 2.24) is 14.8 Å². The number of nitrogens with one attached hydrogen (secondary N) is 3. The van der Waals surface area contributed by atoms with Crippen molar-refractivity contribution in [2.75, 3.05) is 51.5 Å². The third kappa shape index (κ3) is 5.96. The summed E-state index contributed by atoms with van der Waals surface area (Å²) in [6.07, 6.45) is 2.25. The standard InChI is InChI=1S/C30H35F2N5O2/c1-33-30(38)21-15-29(39-3)27(16-23(21)31)34-12-5-6-20-14-22-25(35-26-11-13-36(2)18-24(26)32)7-4-8-28(22)37(20)17-19-9-10-19/h4,7-8,14-16,19,24,26,34-35H,9-13,17-18H2,1-3H3,(H,33,38)/t24-,26+/m0/s1. The summed E-state index contributed by atoms with van der Waals surface area (Å²) < 4.78 is 36.9. The molecule has 3 aromatic rings. The second-order valence-electron chi connectivity index (χ2n) is 10.4. The van der Waals surface area contributed by atoms with Gasteiger partial charge in [0, 0.05) is 43.8 Å². The van der Waals surface area contributed by atoms with E-state index in [1.807, 2.05) is 24.1 Å². The van der Waals surface area contributed by atoms with E-state index in [9.17, 15) is 13.6 Å². The quantitative estimate of drug-likeness (QED) is 0.371. The van der Waals surface area contributed by atoms with Crippen LogP contribution in [0.4, 0.5) is 20.2 Å². The van der Waals surface area contributed by atoms with Gasteiger partial charge < -0.3 is 30.2 Å². The SMILES string of the molecule is CNC(=O)c1cc(OC)c(NCC#Cc2cc3c(N[C@@H]4CCN(C)C[C@@H]4F)cccc3n2CC2CC2)cc1F. The number of nitrogens with zero attached hydrogens (tertiary/aromatic N) is 2. The van der Waals surface area contributed by atoms with E-state index in [2.05, 4.69) is 44.5 Å². The minimum Gasteiger partial charge on any atom is -0.495 e. The Morgan fingerprint density at radius 2 is 2.00 bits per heavy atom. The number of likely N-dealkylation sites (tertiary alicyclic amines) is 1. The van der Waals surface area contributed by atoms with Gasteiger partial charge in [0.15, 0.2) is 0 Å². The molecule has 206 valence electrons. The van der Waals surface area contributed by atoms with Crippen LogP contribution >= 0.6 is 0 Å². The van der Waals surface area contributed by atoms with E-state index in [1.54, 1.807) is 0 Å². The number of piperidine rings is 1. The molecule has 39 heavy (non-hydrogen) atoms. The van der Waals surface area contributed by atoms with Gasteiger partial charge >= 0.3 is 0 Å². The van der Waals surface area contributed by atoms with Gasteiger partial charge in [-0.1, -0.05) is 12.0 Å². The van der Waals surface area contributed by atoms with Gasteiger partial charge in [0.2, 0.25) is 0 Å². The third-order valence-electron chi connectivity index (χ3n) is 7.51. The second-order valence-corrected chi connectivity index (χ2v) is 10.4. The van der Waals surface area contributed by atoms with Gasteiger partial charge in [-0.3, -0.25) is 4.79 Å². The summed E-state index contributed by atoms with van der Waals surface area (Å²) in [5.41, 5.74) is 3.24. The maximum Gasteiger partial charge on any atom is 0.254 e. The molecule has 0 unspecified atom stereocenters. The van der Waals surface area contributed by atoms with E-state index in [0.29, 0.717) is 23.9 Å². The number of ether oxygens (including phenoxy) is 1. The number of benzene rings is 2. The fourth-order valence-electron chi connectivity index (χ4n) is 5.13. The molecule has 0 bridgehead atoms. The number of rotatable bonds is 8. The lowest BCUT2D eigenvalue weighted by atomic mass is 10.0. The minimum atomic E-state index is -0.926. The van der Waals surface area contributed by atoms with Crippen molar-refractivity contribution in [1.29, 1.82) is 0 Å². The first-order valence-corrected chi connectivity index (χ1v) is 13.4. The Balaban J connectivity index is 1.38. The Labute approximate surface area is 227 Å². The molecule has 1 aliphatic heterocycles. The molecule has 9 heteroatoms. The smallest absolute Gasteiger partial charge is 0.254 e. The van der Waals surface area contributed by atoms with Gasteiger partial charge in [0.05, 0.1) is 42.2 Å². The number of anilines is 2. The van der Waals surface area contributed by atoms with Crippen LogP contribution in [0, 0.1) is 23.6 Å². The summed E-state index contributed by atoms with van der Waals surface area (Å²) in [4.78, 5) is 13.9. The molecule has 3 N–H and O–H groups in total. The van der Waals surface area contributed by atoms with E-state index in [4.69, 9.17) is 4.74 Å². The number of hydrogen-bond acceptors (Lipinski definition) is 5. The van der Waals surface area contributed by atoms with Crippen LogP contribution in [0.25, 0.3) is 10.9 Å². The highest BCUT2D eigenvalue weighted by Crippen LogP contribution is 2.35. The number of methoxy groups -OCH3 is 1.